The molecule has 0 spiro atoms. The maximum atomic E-state index is 12.6. The highest BCUT2D eigenvalue weighted by atomic mass is 16.5. The minimum absolute atomic E-state index is 0.0339. The van der Waals surface area contributed by atoms with Crippen LogP contribution >= 0.6 is 0 Å². The number of carbonyl (C=O) groups is 2. The first-order chi connectivity index (χ1) is 10.3. The third-order valence-electron chi connectivity index (χ3n) is 5.74. The molecular formula is C18H28O4. The Morgan fingerprint density at radius 3 is 2.73 bits per heavy atom. The Hall–Kier alpha value is -1.16. The Morgan fingerprint density at radius 1 is 1.45 bits per heavy atom. The number of methoxy groups -OCH3 is 1. The van der Waals surface area contributed by atoms with Crippen molar-refractivity contribution in [2.75, 3.05) is 13.7 Å². The van der Waals surface area contributed by atoms with Crippen molar-refractivity contribution in [3.63, 3.8) is 0 Å². The van der Waals surface area contributed by atoms with Crippen LogP contribution in [0, 0.1) is 23.2 Å². The van der Waals surface area contributed by atoms with Crippen molar-refractivity contribution < 1.29 is 19.1 Å². The molecule has 0 bridgehead atoms. The third-order valence-corrected chi connectivity index (χ3v) is 5.74. The van der Waals surface area contributed by atoms with E-state index >= 15 is 0 Å². The Bertz CT molecular complexity index is 481. The van der Waals surface area contributed by atoms with Crippen molar-refractivity contribution in [2.45, 2.75) is 53.1 Å². The monoisotopic (exact) mass is 308 g/mol. The Kier molecular flexibility index (Phi) is 5.10. The molecule has 1 fully saturated rings. The molecule has 0 heterocycles. The lowest BCUT2D eigenvalue weighted by Crippen LogP contribution is -2.50. The number of fused-ring (bicyclic) bond motifs is 1. The highest BCUT2D eigenvalue weighted by molar-refractivity contribution is 5.84. The number of hydrogen-bond acceptors (Lipinski definition) is 4. The van der Waals surface area contributed by atoms with E-state index in [2.05, 4.69) is 19.9 Å². The van der Waals surface area contributed by atoms with Crippen LogP contribution in [0.2, 0.25) is 0 Å². The van der Waals surface area contributed by atoms with Gasteiger partial charge in [0, 0.05) is 37.7 Å². The molecule has 0 unspecified atom stereocenters. The van der Waals surface area contributed by atoms with E-state index in [1.807, 2.05) is 6.92 Å². The molecular weight excluding hydrogens is 280 g/mol. The second kappa shape index (κ2) is 6.53. The van der Waals surface area contributed by atoms with Gasteiger partial charge in [-0.05, 0) is 18.8 Å². The summed E-state index contributed by atoms with van der Waals surface area (Å²) in [6.07, 6.45) is 4.71. The molecule has 0 aliphatic heterocycles. The fraction of sp³-hybridized carbons (Fsp3) is 0.778. The molecule has 4 nitrogen and oxygen atoms in total. The van der Waals surface area contributed by atoms with Gasteiger partial charge in [-0.2, -0.15) is 0 Å². The molecule has 0 saturated heterocycles. The van der Waals surface area contributed by atoms with Gasteiger partial charge in [0.05, 0.1) is 12.7 Å². The van der Waals surface area contributed by atoms with Gasteiger partial charge in [-0.15, -0.1) is 0 Å². The van der Waals surface area contributed by atoms with Crippen molar-refractivity contribution in [3.05, 3.63) is 11.6 Å². The summed E-state index contributed by atoms with van der Waals surface area (Å²) in [6, 6.07) is 0. The van der Waals surface area contributed by atoms with Crippen molar-refractivity contribution in [2.24, 2.45) is 23.2 Å². The Morgan fingerprint density at radius 2 is 2.14 bits per heavy atom. The number of carbonyl (C=O) groups excluding carboxylic acids is 2. The smallest absolute Gasteiger partial charge is 0.302 e. The topological polar surface area (TPSA) is 52.6 Å². The van der Waals surface area contributed by atoms with E-state index < -0.39 is 0 Å². The third kappa shape index (κ3) is 2.98. The van der Waals surface area contributed by atoms with E-state index in [9.17, 15) is 9.59 Å². The molecule has 0 amide bonds. The van der Waals surface area contributed by atoms with Gasteiger partial charge in [-0.1, -0.05) is 32.4 Å². The van der Waals surface area contributed by atoms with Crippen LogP contribution in [0.1, 0.15) is 47.0 Å². The summed E-state index contributed by atoms with van der Waals surface area (Å²) >= 11 is 0. The minimum Gasteiger partial charge on any atom is -0.466 e. The summed E-state index contributed by atoms with van der Waals surface area (Å²) in [5.41, 5.74) is 1.20. The first kappa shape index (κ1) is 17.2. The van der Waals surface area contributed by atoms with Crippen LogP contribution in [0.5, 0.6) is 0 Å². The van der Waals surface area contributed by atoms with Crippen LogP contribution in [0.4, 0.5) is 0 Å². The van der Waals surface area contributed by atoms with Crippen LogP contribution in [-0.2, 0) is 19.1 Å². The number of rotatable bonds is 4. The summed E-state index contributed by atoms with van der Waals surface area (Å²) in [4.78, 5) is 23.7. The maximum Gasteiger partial charge on any atom is 0.302 e. The summed E-state index contributed by atoms with van der Waals surface area (Å²) in [5.74, 6) is 0.340. The summed E-state index contributed by atoms with van der Waals surface area (Å²) in [7, 11) is 1.74. The molecule has 22 heavy (non-hydrogen) atoms. The average Bonchev–Trinajstić information content (AvgIpc) is 2.46. The molecule has 0 aromatic heterocycles. The normalized spacial score (nSPS) is 36.3. The largest absolute Gasteiger partial charge is 0.466 e. The lowest BCUT2D eigenvalue weighted by Gasteiger charge is -2.52. The molecule has 0 aromatic rings. The summed E-state index contributed by atoms with van der Waals surface area (Å²) < 4.78 is 10.7. The summed E-state index contributed by atoms with van der Waals surface area (Å²) in [6.45, 7) is 8.17. The fourth-order valence-electron chi connectivity index (χ4n) is 4.41. The van der Waals surface area contributed by atoms with E-state index in [-0.39, 0.29) is 29.3 Å². The fourth-order valence-corrected chi connectivity index (χ4v) is 4.41. The second-order valence-corrected chi connectivity index (χ2v) is 7.11. The van der Waals surface area contributed by atoms with Crippen molar-refractivity contribution in [3.8, 4) is 0 Å². The van der Waals surface area contributed by atoms with Gasteiger partial charge in [0.2, 0.25) is 0 Å². The molecule has 2 rings (SSSR count). The van der Waals surface area contributed by atoms with Gasteiger partial charge in [0.15, 0.2) is 0 Å². The molecule has 0 radical (unpaired) electrons. The van der Waals surface area contributed by atoms with Crippen molar-refractivity contribution in [1.82, 2.24) is 0 Å². The Labute approximate surface area is 133 Å². The predicted molar refractivity (Wildman–Crippen MR) is 84.3 cm³/mol. The lowest BCUT2D eigenvalue weighted by molar-refractivity contribution is -0.147. The summed E-state index contributed by atoms with van der Waals surface area (Å²) in [5, 5.41) is 0. The van der Waals surface area contributed by atoms with Gasteiger partial charge >= 0.3 is 5.97 Å². The standard InChI is InChI=1S/C18H28O4/c1-11(10-22-13(3)19)17-16(20)7-6-14-9-15(21-5)8-12(2)18(14,17)4/h9,11-12,15,17H,6-8,10H2,1-5H3/t11-,12+,15+,17+,18-/m1/s1. The molecule has 5 atom stereocenters. The zero-order chi connectivity index (χ0) is 16.5. The molecule has 4 heteroatoms. The van der Waals surface area contributed by atoms with Gasteiger partial charge in [-0.25, -0.2) is 0 Å². The van der Waals surface area contributed by atoms with Gasteiger partial charge < -0.3 is 9.47 Å². The maximum absolute atomic E-state index is 12.6. The molecule has 2 aliphatic rings. The minimum atomic E-state index is -0.285. The number of Topliss-reactive ketones (excluding diaryl/α,β-unsaturated/α-hetero) is 1. The zero-order valence-electron chi connectivity index (χ0n) is 14.3. The first-order valence-electron chi connectivity index (χ1n) is 8.20. The highest BCUT2D eigenvalue weighted by Gasteiger charge is 2.52. The predicted octanol–water partition coefficient (Wildman–Crippen LogP) is 3.15. The van der Waals surface area contributed by atoms with E-state index in [0.29, 0.717) is 24.7 Å². The molecule has 1 saturated carbocycles. The number of hydrogen-bond donors (Lipinski definition) is 0. The Balaban J connectivity index is 2.31. The number of esters is 1. The average molecular weight is 308 g/mol. The number of ether oxygens (including phenoxy) is 2. The van der Waals surface area contributed by atoms with Gasteiger partial charge in [-0.3, -0.25) is 9.59 Å². The SMILES string of the molecule is CO[C@@H]1C=C2CCC(=O)[C@H]([C@H](C)COC(C)=O)[C@]2(C)[C@@H](C)C1. The first-order valence-corrected chi connectivity index (χ1v) is 8.20. The van der Waals surface area contributed by atoms with Gasteiger partial charge in [0.1, 0.15) is 5.78 Å². The van der Waals surface area contributed by atoms with Crippen molar-refractivity contribution in [1.29, 1.82) is 0 Å². The van der Waals surface area contributed by atoms with E-state index in [4.69, 9.17) is 9.47 Å². The van der Waals surface area contributed by atoms with Crippen LogP contribution in [0.25, 0.3) is 0 Å². The molecule has 0 N–H and O–H groups in total. The van der Waals surface area contributed by atoms with E-state index in [0.717, 1.165) is 12.8 Å². The van der Waals surface area contributed by atoms with Crippen LogP contribution in [-0.4, -0.2) is 31.6 Å². The number of ketones is 1. The molecule has 124 valence electrons. The number of allylic oxidation sites excluding steroid dienone is 1. The molecule has 2 aliphatic carbocycles. The van der Waals surface area contributed by atoms with Crippen LogP contribution < -0.4 is 0 Å². The quantitative estimate of drug-likeness (QED) is 0.591. The van der Waals surface area contributed by atoms with Crippen LogP contribution in [0.3, 0.4) is 0 Å². The zero-order valence-corrected chi connectivity index (χ0v) is 14.3. The van der Waals surface area contributed by atoms with E-state index in [1.165, 1.54) is 12.5 Å². The van der Waals surface area contributed by atoms with Crippen LogP contribution in [0.15, 0.2) is 11.6 Å². The highest BCUT2D eigenvalue weighted by Crippen LogP contribution is 2.55. The second-order valence-electron chi connectivity index (χ2n) is 7.11. The lowest BCUT2D eigenvalue weighted by atomic mass is 9.52. The molecule has 0 aromatic carbocycles. The van der Waals surface area contributed by atoms with Crippen molar-refractivity contribution >= 4 is 11.8 Å². The van der Waals surface area contributed by atoms with Gasteiger partial charge in [0.25, 0.3) is 0 Å². The van der Waals surface area contributed by atoms with E-state index in [1.54, 1.807) is 7.11 Å².